The molecule has 0 heterocycles. The van der Waals surface area contributed by atoms with Gasteiger partial charge in [-0.05, 0) is 13.0 Å². The highest BCUT2D eigenvalue weighted by Crippen LogP contribution is 1.88. The molecule has 4 nitrogen and oxygen atoms in total. The number of aliphatic carboxylic acids is 1. The average molecular weight is 157 g/mol. The molecule has 0 aliphatic heterocycles. The van der Waals surface area contributed by atoms with Crippen molar-refractivity contribution in [2.24, 2.45) is 0 Å². The van der Waals surface area contributed by atoms with Crippen LogP contribution in [0.15, 0.2) is 23.9 Å². The number of carbonyl (C=O) groups is 1. The van der Waals surface area contributed by atoms with Gasteiger partial charge >= 0.3 is 5.97 Å². The van der Waals surface area contributed by atoms with Crippen LogP contribution in [0.3, 0.4) is 0 Å². The Morgan fingerprint density at radius 3 is 2.73 bits per heavy atom. The largest absolute Gasteiger partial charge is 0.481 e. The van der Waals surface area contributed by atoms with Crippen molar-refractivity contribution in [2.45, 2.75) is 13.3 Å². The summed E-state index contributed by atoms with van der Waals surface area (Å²) in [5.41, 5.74) is 2.48. The van der Waals surface area contributed by atoms with Crippen LogP contribution in [0.4, 0.5) is 0 Å². The van der Waals surface area contributed by atoms with Crippen molar-refractivity contribution in [3.8, 4) is 0 Å². The van der Waals surface area contributed by atoms with Gasteiger partial charge in [-0.15, -0.1) is 0 Å². The number of carboxylic acids is 1. The minimum Gasteiger partial charge on any atom is -0.481 e. The number of hydrogen-bond acceptors (Lipinski definition) is 3. The van der Waals surface area contributed by atoms with Crippen LogP contribution in [-0.4, -0.2) is 16.3 Å². The van der Waals surface area contributed by atoms with Gasteiger partial charge in [-0.1, -0.05) is 12.2 Å². The molecule has 11 heavy (non-hydrogen) atoms. The normalized spacial score (nSPS) is 12.0. The third-order valence-electron chi connectivity index (χ3n) is 0.951. The summed E-state index contributed by atoms with van der Waals surface area (Å²) in [7, 11) is 0. The summed E-state index contributed by atoms with van der Waals surface area (Å²) in [6.07, 6.45) is 4.62. The Balaban J connectivity index is 3.67. The average Bonchev–Trinajstić information content (AvgIpc) is 1.97. The Labute approximate surface area is 64.8 Å². The highest BCUT2D eigenvalue weighted by molar-refractivity contribution is 5.68. The van der Waals surface area contributed by atoms with Gasteiger partial charge in [-0.25, -0.2) is 0 Å². The molecule has 0 rings (SSSR count). The van der Waals surface area contributed by atoms with E-state index in [-0.39, 0.29) is 6.42 Å². The Morgan fingerprint density at radius 2 is 2.27 bits per heavy atom. The number of hydrogen-bond donors (Lipinski definition) is 3. The molecule has 0 unspecified atom stereocenters. The highest BCUT2D eigenvalue weighted by Gasteiger charge is 1.87. The van der Waals surface area contributed by atoms with Crippen LogP contribution in [-0.2, 0) is 4.79 Å². The standard InChI is InChI=1S/C7H11NO3/c1-6(8-11)4-2-3-5-7(9)10/h2-4,8,11H,5H2,1H3,(H,9,10)/b3-2-,6-4-. The maximum Gasteiger partial charge on any atom is 0.307 e. The molecule has 62 valence electrons. The fourth-order valence-electron chi connectivity index (χ4n) is 0.419. The first-order chi connectivity index (χ1) is 5.16. The van der Waals surface area contributed by atoms with E-state index in [1.54, 1.807) is 19.1 Å². The number of nitrogens with one attached hydrogen (secondary N) is 1. The van der Waals surface area contributed by atoms with E-state index in [0.717, 1.165) is 0 Å². The number of rotatable bonds is 4. The Hall–Kier alpha value is -1.29. The summed E-state index contributed by atoms with van der Waals surface area (Å²) in [5, 5.41) is 16.5. The minimum absolute atomic E-state index is 0.00475. The second kappa shape index (κ2) is 5.49. The summed E-state index contributed by atoms with van der Waals surface area (Å²) in [4.78, 5) is 9.98. The SMILES string of the molecule is C/C(=C/C=C\CC(=O)O)NO. The third-order valence-corrected chi connectivity index (χ3v) is 0.951. The van der Waals surface area contributed by atoms with Gasteiger partial charge in [0, 0.05) is 5.70 Å². The molecule has 0 radical (unpaired) electrons. The summed E-state index contributed by atoms with van der Waals surface area (Å²) >= 11 is 0. The molecule has 0 bridgehead atoms. The van der Waals surface area contributed by atoms with Gasteiger partial charge in [0.1, 0.15) is 0 Å². The molecule has 0 atom stereocenters. The zero-order valence-electron chi connectivity index (χ0n) is 6.24. The van der Waals surface area contributed by atoms with Crippen LogP contribution in [0.5, 0.6) is 0 Å². The van der Waals surface area contributed by atoms with Crippen molar-refractivity contribution < 1.29 is 15.1 Å². The molecule has 4 heteroatoms. The molecular formula is C7H11NO3. The monoisotopic (exact) mass is 157 g/mol. The molecule has 0 aromatic carbocycles. The Kier molecular flexibility index (Phi) is 4.85. The van der Waals surface area contributed by atoms with E-state index in [9.17, 15) is 4.79 Å². The summed E-state index contributed by atoms with van der Waals surface area (Å²) in [6, 6.07) is 0. The van der Waals surface area contributed by atoms with E-state index in [2.05, 4.69) is 0 Å². The molecule has 0 fully saturated rings. The lowest BCUT2D eigenvalue weighted by atomic mass is 10.3. The Bertz CT molecular complexity index is 184. The van der Waals surface area contributed by atoms with Gasteiger partial charge < -0.3 is 5.11 Å². The first-order valence-corrected chi connectivity index (χ1v) is 3.12. The van der Waals surface area contributed by atoms with Crippen LogP contribution < -0.4 is 5.48 Å². The van der Waals surface area contributed by atoms with E-state index in [4.69, 9.17) is 10.3 Å². The van der Waals surface area contributed by atoms with Gasteiger partial charge in [0.15, 0.2) is 0 Å². The predicted molar refractivity (Wildman–Crippen MR) is 40.1 cm³/mol. The fraction of sp³-hybridized carbons (Fsp3) is 0.286. The predicted octanol–water partition coefficient (Wildman–Crippen LogP) is 0.900. The van der Waals surface area contributed by atoms with Crippen LogP contribution in [0.2, 0.25) is 0 Å². The molecule has 0 aromatic heterocycles. The van der Waals surface area contributed by atoms with E-state index >= 15 is 0 Å². The van der Waals surface area contributed by atoms with Gasteiger partial charge in [0.2, 0.25) is 0 Å². The summed E-state index contributed by atoms with van der Waals surface area (Å²) < 4.78 is 0. The molecule has 0 aliphatic carbocycles. The Morgan fingerprint density at radius 1 is 1.64 bits per heavy atom. The van der Waals surface area contributed by atoms with Crippen LogP contribution in [0, 0.1) is 0 Å². The zero-order chi connectivity index (χ0) is 8.69. The van der Waals surface area contributed by atoms with E-state index in [1.165, 1.54) is 6.08 Å². The molecule has 0 amide bonds. The van der Waals surface area contributed by atoms with Crippen molar-refractivity contribution in [2.75, 3.05) is 0 Å². The van der Waals surface area contributed by atoms with Gasteiger partial charge in [-0.2, -0.15) is 0 Å². The number of hydroxylamine groups is 1. The number of carboxylic acid groups (broad SMARTS) is 1. The highest BCUT2D eigenvalue weighted by atomic mass is 16.5. The molecule has 0 aliphatic rings. The minimum atomic E-state index is -0.871. The lowest BCUT2D eigenvalue weighted by Gasteiger charge is -1.91. The summed E-state index contributed by atoms with van der Waals surface area (Å²) in [5.74, 6) is -0.871. The van der Waals surface area contributed by atoms with Crippen molar-refractivity contribution in [3.63, 3.8) is 0 Å². The molecule has 3 N–H and O–H groups in total. The summed E-state index contributed by atoms with van der Waals surface area (Å²) in [6.45, 7) is 1.66. The second-order valence-electron chi connectivity index (χ2n) is 1.99. The van der Waals surface area contributed by atoms with Crippen LogP contribution >= 0.6 is 0 Å². The lowest BCUT2D eigenvalue weighted by Crippen LogP contribution is -2.01. The van der Waals surface area contributed by atoms with E-state index < -0.39 is 5.97 Å². The van der Waals surface area contributed by atoms with Crippen molar-refractivity contribution >= 4 is 5.97 Å². The smallest absolute Gasteiger partial charge is 0.307 e. The quantitative estimate of drug-likeness (QED) is 0.419. The molecule has 0 spiro atoms. The first-order valence-electron chi connectivity index (χ1n) is 3.12. The third kappa shape index (κ3) is 6.60. The van der Waals surface area contributed by atoms with Gasteiger partial charge in [0.05, 0.1) is 6.42 Å². The number of allylic oxidation sites excluding steroid dienone is 3. The first kappa shape index (κ1) is 9.71. The molecule has 0 saturated heterocycles. The van der Waals surface area contributed by atoms with Gasteiger partial charge in [-0.3, -0.25) is 15.5 Å². The van der Waals surface area contributed by atoms with Crippen molar-refractivity contribution in [3.05, 3.63) is 23.9 Å². The molecular weight excluding hydrogens is 146 g/mol. The van der Waals surface area contributed by atoms with E-state index in [1.807, 2.05) is 5.48 Å². The maximum absolute atomic E-state index is 9.98. The molecule has 0 saturated carbocycles. The van der Waals surface area contributed by atoms with Crippen molar-refractivity contribution in [1.29, 1.82) is 0 Å². The molecule has 0 aromatic rings. The fourth-order valence-corrected chi connectivity index (χ4v) is 0.419. The maximum atomic E-state index is 9.98. The topological polar surface area (TPSA) is 69.6 Å². The van der Waals surface area contributed by atoms with Gasteiger partial charge in [0.25, 0.3) is 0 Å². The van der Waals surface area contributed by atoms with Crippen LogP contribution in [0.1, 0.15) is 13.3 Å². The second-order valence-corrected chi connectivity index (χ2v) is 1.99. The lowest BCUT2D eigenvalue weighted by molar-refractivity contribution is -0.135. The van der Waals surface area contributed by atoms with Crippen LogP contribution in [0.25, 0.3) is 0 Å². The van der Waals surface area contributed by atoms with Crippen molar-refractivity contribution in [1.82, 2.24) is 5.48 Å². The van der Waals surface area contributed by atoms with E-state index in [0.29, 0.717) is 5.70 Å². The zero-order valence-corrected chi connectivity index (χ0v) is 6.24.